The van der Waals surface area contributed by atoms with Crippen LogP contribution in [0.3, 0.4) is 0 Å². The van der Waals surface area contributed by atoms with Crippen molar-refractivity contribution >= 4 is 47.8 Å². The van der Waals surface area contributed by atoms with Crippen LogP contribution in [0.25, 0.3) is 16.6 Å². The lowest BCUT2D eigenvalue weighted by Gasteiger charge is -2.23. The van der Waals surface area contributed by atoms with E-state index >= 15 is 0 Å². The van der Waals surface area contributed by atoms with Crippen molar-refractivity contribution in [1.82, 2.24) is 20.2 Å². The number of aromatic amines is 1. The summed E-state index contributed by atoms with van der Waals surface area (Å²) in [5, 5.41) is 7.69. The van der Waals surface area contributed by atoms with Gasteiger partial charge in [-0.25, -0.2) is 0 Å². The van der Waals surface area contributed by atoms with Crippen LogP contribution >= 0.6 is 25.1 Å². The maximum atomic E-state index is 13.3. The van der Waals surface area contributed by atoms with Crippen molar-refractivity contribution in [3.8, 4) is 5.69 Å². The summed E-state index contributed by atoms with van der Waals surface area (Å²) in [6.07, 6.45) is 3.97. The molecule has 2 atom stereocenters. The molecule has 1 unspecified atom stereocenters. The molecule has 2 aromatic heterocycles. The fraction of sp³-hybridized carbons (Fsp3) is 0.100. The number of hydrogen-bond donors (Lipinski definition) is 3. The first-order chi connectivity index (χ1) is 18.5. The van der Waals surface area contributed by atoms with Crippen LogP contribution in [0.5, 0.6) is 0 Å². The third kappa shape index (κ3) is 5.08. The second-order valence-corrected chi connectivity index (χ2v) is 9.69. The Morgan fingerprint density at radius 3 is 2.38 bits per heavy atom. The van der Waals surface area contributed by atoms with Gasteiger partial charge < -0.3 is 15.6 Å². The molecule has 1 aliphatic carbocycles. The van der Waals surface area contributed by atoms with Gasteiger partial charge in [0.2, 0.25) is 0 Å². The summed E-state index contributed by atoms with van der Waals surface area (Å²) in [4.78, 5) is 41.7. The van der Waals surface area contributed by atoms with E-state index in [4.69, 9.17) is 11.6 Å². The monoisotopic (exact) mass is 556 g/mol. The standard InChI is InChI=1S/C30H23ClN4O3.H2S/c31-24-17-32-25-16-20(10-13-23(24)25)30(38)33-26-15-19-5-1-2-6-22(19)28(26)34-29(37)18-8-11-21(12-9-18)35-14-4-3-7-27(35)36;/h1-14,16-17,26,28,32H,15H2,(H,33,38)(H,34,37);1H2/t26?,28-;/m0./s1. The molecule has 3 N–H and O–H groups in total. The highest BCUT2D eigenvalue weighted by atomic mass is 35.5. The Bertz CT molecular complexity index is 1750. The number of carbonyl (C=O) groups excluding carboxylic acids is 2. The van der Waals surface area contributed by atoms with E-state index in [2.05, 4.69) is 15.6 Å². The fourth-order valence-corrected chi connectivity index (χ4v) is 5.25. The Kier molecular flexibility index (Phi) is 7.32. The minimum absolute atomic E-state index is 0. The summed E-state index contributed by atoms with van der Waals surface area (Å²) < 4.78 is 1.51. The molecule has 0 fully saturated rings. The number of amides is 2. The molecular weight excluding hydrogens is 532 g/mol. The smallest absolute Gasteiger partial charge is 0.255 e. The molecule has 3 aromatic carbocycles. The number of rotatable bonds is 5. The molecule has 196 valence electrons. The van der Waals surface area contributed by atoms with Crippen molar-refractivity contribution < 1.29 is 9.59 Å². The fourth-order valence-electron chi connectivity index (χ4n) is 5.03. The molecule has 7 nitrogen and oxygen atoms in total. The predicted octanol–water partition coefficient (Wildman–Crippen LogP) is 4.91. The van der Waals surface area contributed by atoms with Crippen LogP contribution in [-0.4, -0.2) is 27.4 Å². The summed E-state index contributed by atoms with van der Waals surface area (Å²) in [6.45, 7) is 0. The van der Waals surface area contributed by atoms with Crippen LogP contribution < -0.4 is 16.2 Å². The maximum absolute atomic E-state index is 13.3. The first-order valence-corrected chi connectivity index (χ1v) is 12.6. The minimum atomic E-state index is -0.400. The SMILES string of the molecule is O=C(NC1Cc2ccccc2[C@@H]1NC(=O)c1ccc(-n2ccccc2=O)cc1)c1ccc2c(Cl)c[nH]c2c1.S. The van der Waals surface area contributed by atoms with E-state index in [0.717, 1.165) is 22.0 Å². The molecule has 0 saturated carbocycles. The van der Waals surface area contributed by atoms with Crippen LogP contribution in [0.15, 0.2) is 102 Å². The minimum Gasteiger partial charge on any atom is -0.360 e. The number of benzene rings is 3. The lowest BCUT2D eigenvalue weighted by atomic mass is 10.1. The van der Waals surface area contributed by atoms with Gasteiger partial charge >= 0.3 is 0 Å². The van der Waals surface area contributed by atoms with Gasteiger partial charge in [0.1, 0.15) is 0 Å². The van der Waals surface area contributed by atoms with Crippen molar-refractivity contribution in [3.05, 3.63) is 135 Å². The van der Waals surface area contributed by atoms with Gasteiger partial charge in [0.25, 0.3) is 17.4 Å². The Balaban J connectivity index is 0.00000308. The van der Waals surface area contributed by atoms with E-state index in [9.17, 15) is 14.4 Å². The molecule has 0 bridgehead atoms. The van der Waals surface area contributed by atoms with Crippen LogP contribution in [0, 0.1) is 0 Å². The van der Waals surface area contributed by atoms with Crippen LogP contribution in [0.1, 0.15) is 37.9 Å². The summed E-state index contributed by atoms with van der Waals surface area (Å²) in [5.74, 6) is -0.493. The highest BCUT2D eigenvalue weighted by molar-refractivity contribution is 7.59. The van der Waals surface area contributed by atoms with E-state index in [0.29, 0.717) is 28.3 Å². The second kappa shape index (κ2) is 10.8. The van der Waals surface area contributed by atoms with Crippen molar-refractivity contribution in [2.24, 2.45) is 0 Å². The van der Waals surface area contributed by atoms with Crippen molar-refractivity contribution in [1.29, 1.82) is 0 Å². The van der Waals surface area contributed by atoms with Crippen LogP contribution in [0.4, 0.5) is 0 Å². The zero-order valence-corrected chi connectivity index (χ0v) is 22.4. The quantitative estimate of drug-likeness (QED) is 0.287. The van der Waals surface area contributed by atoms with Gasteiger partial charge in [0, 0.05) is 46.2 Å². The summed E-state index contributed by atoms with van der Waals surface area (Å²) in [6, 6.07) is 24.3. The molecule has 6 rings (SSSR count). The van der Waals surface area contributed by atoms with E-state index in [1.165, 1.54) is 10.6 Å². The molecule has 0 spiro atoms. The summed E-state index contributed by atoms with van der Waals surface area (Å²) in [7, 11) is 0. The Morgan fingerprint density at radius 1 is 0.872 bits per heavy atom. The molecule has 0 aliphatic heterocycles. The first-order valence-electron chi connectivity index (χ1n) is 12.2. The molecule has 5 aromatic rings. The first kappa shape index (κ1) is 26.3. The number of fused-ring (bicyclic) bond motifs is 2. The number of nitrogens with zero attached hydrogens (tertiary/aromatic N) is 1. The summed E-state index contributed by atoms with van der Waals surface area (Å²) in [5.41, 5.74) is 4.32. The number of halogens is 1. The van der Waals surface area contributed by atoms with Crippen molar-refractivity contribution in [2.45, 2.75) is 18.5 Å². The predicted molar refractivity (Wildman–Crippen MR) is 157 cm³/mol. The summed E-state index contributed by atoms with van der Waals surface area (Å²) >= 11 is 6.17. The van der Waals surface area contributed by atoms with E-state index in [1.807, 2.05) is 30.3 Å². The zero-order chi connectivity index (χ0) is 26.2. The molecular formula is C30H25ClN4O3S. The molecule has 0 radical (unpaired) electrons. The molecule has 9 heteroatoms. The molecule has 1 aliphatic rings. The highest BCUT2D eigenvalue weighted by Crippen LogP contribution is 2.32. The number of nitrogens with one attached hydrogen (secondary N) is 3. The molecule has 2 amide bonds. The number of pyridine rings is 1. The topological polar surface area (TPSA) is 96.0 Å². The van der Waals surface area contributed by atoms with Gasteiger partial charge in [-0.3, -0.25) is 19.0 Å². The molecule has 39 heavy (non-hydrogen) atoms. The third-order valence-corrected chi connectivity index (χ3v) is 7.27. The zero-order valence-electron chi connectivity index (χ0n) is 20.6. The van der Waals surface area contributed by atoms with Crippen molar-refractivity contribution in [3.63, 3.8) is 0 Å². The van der Waals surface area contributed by atoms with Crippen molar-refractivity contribution in [2.75, 3.05) is 0 Å². The van der Waals surface area contributed by atoms with Gasteiger partial charge in [-0.05, 0) is 60.0 Å². The normalized spacial score (nSPS) is 15.8. The number of carbonyl (C=O) groups is 2. The van der Waals surface area contributed by atoms with Gasteiger partial charge in [-0.1, -0.05) is 48.0 Å². The number of aromatic nitrogens is 2. The maximum Gasteiger partial charge on any atom is 0.255 e. The average Bonchev–Trinajstić information content (AvgIpc) is 3.48. The number of H-pyrrole nitrogens is 1. The van der Waals surface area contributed by atoms with Gasteiger partial charge in [0.05, 0.1) is 17.1 Å². The Morgan fingerprint density at radius 2 is 1.59 bits per heavy atom. The Hall–Kier alpha value is -4.27. The molecule has 0 saturated heterocycles. The van der Waals surface area contributed by atoms with Crippen LogP contribution in [0.2, 0.25) is 5.02 Å². The number of hydrogen-bond acceptors (Lipinski definition) is 3. The second-order valence-electron chi connectivity index (χ2n) is 9.29. The molecule has 2 heterocycles. The van der Waals surface area contributed by atoms with E-state index < -0.39 is 6.04 Å². The lowest BCUT2D eigenvalue weighted by Crippen LogP contribution is -2.44. The lowest BCUT2D eigenvalue weighted by molar-refractivity contribution is 0.0888. The van der Waals surface area contributed by atoms with E-state index in [-0.39, 0.29) is 36.9 Å². The highest BCUT2D eigenvalue weighted by Gasteiger charge is 2.34. The van der Waals surface area contributed by atoms with Gasteiger partial charge in [-0.15, -0.1) is 0 Å². The van der Waals surface area contributed by atoms with Gasteiger partial charge in [-0.2, -0.15) is 13.5 Å². The largest absolute Gasteiger partial charge is 0.360 e. The average molecular weight is 557 g/mol. The van der Waals surface area contributed by atoms with E-state index in [1.54, 1.807) is 60.9 Å². The van der Waals surface area contributed by atoms with Gasteiger partial charge in [0.15, 0.2) is 0 Å². The van der Waals surface area contributed by atoms with Crippen LogP contribution in [-0.2, 0) is 6.42 Å². The Labute approximate surface area is 236 Å². The third-order valence-electron chi connectivity index (χ3n) is 6.96.